The normalized spacial score (nSPS) is 27.3. The molecule has 14 heteroatoms. The summed E-state index contributed by atoms with van der Waals surface area (Å²) < 4.78 is 38.9. The molecule has 0 radical (unpaired) electrons. The van der Waals surface area contributed by atoms with E-state index in [9.17, 15) is 18.6 Å². The zero-order chi connectivity index (χ0) is 39.5. The van der Waals surface area contributed by atoms with Crippen LogP contribution in [-0.4, -0.2) is 92.5 Å². The van der Waals surface area contributed by atoms with Crippen LogP contribution in [0.5, 0.6) is 5.75 Å². The molecule has 1 heterocycles. The number of anilines is 1. The van der Waals surface area contributed by atoms with Gasteiger partial charge in [0.15, 0.2) is 0 Å². The number of amides is 4. The zero-order valence-electron chi connectivity index (χ0n) is 32.8. The molecule has 2 aliphatic carbocycles. The van der Waals surface area contributed by atoms with Crippen molar-refractivity contribution >= 4 is 45.2 Å². The highest BCUT2D eigenvalue weighted by Crippen LogP contribution is 2.41. The van der Waals surface area contributed by atoms with Gasteiger partial charge in [-0.25, -0.2) is 13.8 Å². The molecule has 2 N–H and O–H groups in total. The lowest BCUT2D eigenvalue weighted by Gasteiger charge is -2.43. The second-order valence-electron chi connectivity index (χ2n) is 15.4. The first-order valence-electron chi connectivity index (χ1n) is 19.5. The Kier molecular flexibility index (Phi) is 15.3. The van der Waals surface area contributed by atoms with Crippen LogP contribution < -0.4 is 19.7 Å². The molecule has 2 aromatic carbocycles. The maximum atomic E-state index is 14.5. The van der Waals surface area contributed by atoms with E-state index < -0.39 is 27.9 Å². The Bertz CT molecular complexity index is 1790. The number of ether oxygens (including phenoxy) is 3. The standard InChI is InChI=1S/C41H58ClN5O7S/c1-6-47-25-32-16-18-35(32)37(52-5)15-9-11-28(2)27-55(51,45-40(49)43-34-22-30(23-34)26-54-41(50)46(3)4)44-39(48)31-17-19-38(36(47)24-31)53-20-8-7-12-29-13-10-14-33(42)21-29/h9-10,13-15,17,19,21,24,28,30,32,34-35,37H,6-8,11-12,16,18,20,22-23,25-27H2,1-5H3,(H2,43,44,45,48,49,51)/b15-9+/t28-,30-,32-,34-,35+,37-,55?/m0/s1. The molecule has 2 saturated carbocycles. The van der Waals surface area contributed by atoms with Crippen LogP contribution in [0.2, 0.25) is 5.02 Å². The van der Waals surface area contributed by atoms with Crippen molar-refractivity contribution in [3.63, 3.8) is 0 Å². The second-order valence-corrected chi connectivity index (χ2v) is 17.8. The van der Waals surface area contributed by atoms with Crippen molar-refractivity contribution < 1.29 is 32.8 Å². The Morgan fingerprint density at radius 3 is 2.60 bits per heavy atom. The fourth-order valence-corrected chi connectivity index (χ4v) is 9.56. The smallest absolute Gasteiger partial charge is 0.409 e. The minimum absolute atomic E-state index is 0.0156. The number of unbranched alkanes of at least 4 members (excludes halogenated alkanes) is 1. The molecule has 0 spiro atoms. The van der Waals surface area contributed by atoms with E-state index in [0.717, 1.165) is 49.4 Å². The van der Waals surface area contributed by atoms with Gasteiger partial charge in [0.1, 0.15) is 15.7 Å². The molecule has 2 bridgehead atoms. The van der Waals surface area contributed by atoms with E-state index in [1.165, 1.54) is 10.5 Å². The van der Waals surface area contributed by atoms with Crippen LogP contribution in [-0.2, 0) is 25.8 Å². The molecule has 2 aromatic rings. The van der Waals surface area contributed by atoms with E-state index >= 15 is 0 Å². The van der Waals surface area contributed by atoms with Gasteiger partial charge in [0.2, 0.25) is 0 Å². The second kappa shape index (κ2) is 19.9. The van der Waals surface area contributed by atoms with Gasteiger partial charge in [-0.05, 0) is 118 Å². The van der Waals surface area contributed by atoms with E-state index in [1.54, 1.807) is 39.4 Å². The summed E-state index contributed by atoms with van der Waals surface area (Å²) in [6.45, 7) is 6.24. The summed E-state index contributed by atoms with van der Waals surface area (Å²) in [4.78, 5) is 42.5. The maximum absolute atomic E-state index is 14.5. The monoisotopic (exact) mass is 799 g/mol. The van der Waals surface area contributed by atoms with Crippen molar-refractivity contribution in [3.8, 4) is 5.75 Å². The van der Waals surface area contributed by atoms with Gasteiger partial charge in [-0.15, -0.1) is 4.36 Å². The summed E-state index contributed by atoms with van der Waals surface area (Å²) in [7, 11) is 1.44. The van der Waals surface area contributed by atoms with E-state index in [2.05, 4.69) is 44.4 Å². The molecule has 2 fully saturated rings. The SMILES string of the molecule is CCN1C[C@@H]2CC[C@H]2[C@@H](OC)/C=C/C[C@H](C)CS(=O)(NC(=O)N[C@H]2C[C@H](COC(=O)N(C)C)C2)=NC(=O)c2ccc(OCCCCc3cccc(Cl)c3)c1c2. The number of nitrogens with one attached hydrogen (secondary N) is 2. The zero-order valence-corrected chi connectivity index (χ0v) is 34.4. The number of aryl methyl sites for hydroxylation is 1. The third-order valence-electron chi connectivity index (χ3n) is 10.8. The lowest BCUT2D eigenvalue weighted by Crippen LogP contribution is -2.51. The summed E-state index contributed by atoms with van der Waals surface area (Å²) in [5.74, 6) is 0.681. The Labute approximate surface area is 332 Å². The predicted octanol–water partition coefficient (Wildman–Crippen LogP) is 7.50. The molecule has 5 atom stereocenters. The number of benzene rings is 2. The number of hydrogen-bond acceptors (Lipinski definition) is 8. The van der Waals surface area contributed by atoms with Crippen molar-refractivity contribution in [2.24, 2.45) is 28.0 Å². The molecule has 1 unspecified atom stereocenters. The summed E-state index contributed by atoms with van der Waals surface area (Å²) in [6.07, 6.45) is 10.3. The van der Waals surface area contributed by atoms with Gasteiger partial charge in [0, 0.05) is 50.9 Å². The lowest BCUT2D eigenvalue weighted by atomic mass is 9.70. The van der Waals surface area contributed by atoms with Crippen LogP contribution in [0, 0.1) is 23.7 Å². The number of hydrogen-bond donors (Lipinski definition) is 2. The highest BCUT2D eigenvalue weighted by Gasteiger charge is 2.38. The van der Waals surface area contributed by atoms with E-state index in [1.807, 2.05) is 25.1 Å². The van der Waals surface area contributed by atoms with Crippen molar-refractivity contribution in [3.05, 3.63) is 70.8 Å². The van der Waals surface area contributed by atoms with Gasteiger partial charge in [-0.1, -0.05) is 42.8 Å². The number of halogens is 1. The first-order valence-corrected chi connectivity index (χ1v) is 21.6. The summed E-state index contributed by atoms with van der Waals surface area (Å²) in [5, 5.41) is 3.59. The number of fused-ring (bicyclic) bond motifs is 3. The molecule has 0 saturated heterocycles. The third-order valence-corrected chi connectivity index (χ3v) is 13.0. The summed E-state index contributed by atoms with van der Waals surface area (Å²) in [6, 6.07) is 12.3. The van der Waals surface area contributed by atoms with Crippen LogP contribution in [0.15, 0.2) is 59.0 Å². The van der Waals surface area contributed by atoms with Crippen LogP contribution in [0.4, 0.5) is 15.3 Å². The number of carbonyl (C=O) groups excluding carboxylic acids is 3. The first-order chi connectivity index (χ1) is 26.4. The fraction of sp³-hybridized carbons (Fsp3) is 0.585. The molecule has 55 heavy (non-hydrogen) atoms. The number of methoxy groups -OCH3 is 1. The Hall–Kier alpha value is -3.81. The van der Waals surface area contributed by atoms with Gasteiger partial charge >= 0.3 is 12.1 Å². The summed E-state index contributed by atoms with van der Waals surface area (Å²) >= 11 is 6.17. The van der Waals surface area contributed by atoms with Crippen LogP contribution >= 0.6 is 11.6 Å². The number of urea groups is 1. The molecule has 4 amide bonds. The van der Waals surface area contributed by atoms with E-state index in [0.29, 0.717) is 50.0 Å². The molecule has 0 aromatic heterocycles. The van der Waals surface area contributed by atoms with Gasteiger partial charge < -0.3 is 29.3 Å². The first kappa shape index (κ1) is 42.3. The Morgan fingerprint density at radius 1 is 1.11 bits per heavy atom. The van der Waals surface area contributed by atoms with E-state index in [4.69, 9.17) is 25.8 Å². The van der Waals surface area contributed by atoms with Crippen LogP contribution in [0.25, 0.3) is 0 Å². The highest BCUT2D eigenvalue weighted by atomic mass is 35.5. The number of carbonyl (C=O) groups is 3. The number of nitrogens with zero attached hydrogens (tertiary/aromatic N) is 3. The average molecular weight is 800 g/mol. The molecular formula is C41H58ClN5O7S. The molecular weight excluding hydrogens is 742 g/mol. The number of allylic oxidation sites excluding steroid dienone is 1. The van der Waals surface area contributed by atoms with Gasteiger partial charge in [-0.3, -0.25) is 9.52 Å². The topological polar surface area (TPSA) is 139 Å². The Morgan fingerprint density at radius 2 is 1.91 bits per heavy atom. The molecule has 5 rings (SSSR count). The van der Waals surface area contributed by atoms with Crippen molar-refractivity contribution in [2.45, 2.75) is 77.4 Å². The van der Waals surface area contributed by atoms with E-state index in [-0.39, 0.29) is 41.9 Å². The Balaban J connectivity index is 1.35. The number of rotatable bonds is 12. The van der Waals surface area contributed by atoms with Crippen molar-refractivity contribution in [1.82, 2.24) is 14.9 Å². The van der Waals surface area contributed by atoms with Crippen LogP contribution in [0.3, 0.4) is 0 Å². The fourth-order valence-electron chi connectivity index (χ4n) is 7.51. The van der Waals surface area contributed by atoms with Gasteiger partial charge in [0.25, 0.3) is 5.91 Å². The molecule has 3 aliphatic rings. The average Bonchev–Trinajstić information content (AvgIpc) is 3.11. The highest BCUT2D eigenvalue weighted by molar-refractivity contribution is 7.92. The van der Waals surface area contributed by atoms with Gasteiger partial charge in [0.05, 0.1) is 30.8 Å². The quantitative estimate of drug-likeness (QED) is 0.166. The minimum Gasteiger partial charge on any atom is -0.491 e. The molecule has 1 aliphatic heterocycles. The van der Waals surface area contributed by atoms with Crippen LogP contribution in [0.1, 0.15) is 74.7 Å². The predicted molar refractivity (Wildman–Crippen MR) is 217 cm³/mol. The molecule has 12 nitrogen and oxygen atoms in total. The largest absolute Gasteiger partial charge is 0.491 e. The third kappa shape index (κ3) is 12.1. The van der Waals surface area contributed by atoms with Crippen molar-refractivity contribution in [1.29, 1.82) is 0 Å². The lowest BCUT2D eigenvalue weighted by molar-refractivity contribution is 0.0135. The maximum Gasteiger partial charge on any atom is 0.409 e. The van der Waals surface area contributed by atoms with Crippen molar-refractivity contribution in [2.75, 3.05) is 58.2 Å². The summed E-state index contributed by atoms with van der Waals surface area (Å²) in [5.41, 5.74) is 2.23. The van der Waals surface area contributed by atoms with Gasteiger partial charge in [-0.2, -0.15) is 0 Å². The minimum atomic E-state index is -3.54. The molecule has 302 valence electrons.